The molecule has 0 aromatic heterocycles. The molecule has 10 heteroatoms. The van der Waals surface area contributed by atoms with Crippen molar-refractivity contribution < 1.29 is 22.4 Å². The van der Waals surface area contributed by atoms with E-state index in [1.807, 2.05) is 13.8 Å². The van der Waals surface area contributed by atoms with Crippen molar-refractivity contribution in [1.82, 2.24) is 10.2 Å². The van der Waals surface area contributed by atoms with Crippen LogP contribution in [-0.2, 0) is 26.2 Å². The second-order valence-corrected chi connectivity index (χ2v) is 11.6. The zero-order valence-corrected chi connectivity index (χ0v) is 23.0. The van der Waals surface area contributed by atoms with Crippen LogP contribution >= 0.6 is 11.6 Å². The third kappa shape index (κ3) is 8.20. The molecular weight excluding hydrogens is 505 g/mol. The summed E-state index contributed by atoms with van der Waals surface area (Å²) in [6.45, 7) is 7.68. The Hall–Kier alpha value is -2.65. The Kier molecular flexibility index (Phi) is 10.7. The van der Waals surface area contributed by atoms with Crippen LogP contribution in [-0.4, -0.2) is 50.5 Å². The number of sulfonamides is 1. The molecule has 198 valence electrons. The highest BCUT2D eigenvalue weighted by Crippen LogP contribution is 2.28. The van der Waals surface area contributed by atoms with Crippen molar-refractivity contribution in [3.05, 3.63) is 64.4 Å². The topological polar surface area (TPSA) is 86.8 Å². The van der Waals surface area contributed by atoms with E-state index in [0.717, 1.165) is 6.26 Å². The standard InChI is InChI=1S/C26H35ClFN3O4S/c1-18(2)16-29-26(33)20(4)30(17-21-10-6-7-12-23(21)28)25(32)14-9-15-31(36(5,34)35)24-13-8-11-22(27)19(24)3/h6-8,10-13,18,20H,9,14-17H2,1-5H3,(H,29,33)/t20-/m1/s1. The maximum Gasteiger partial charge on any atom is 0.242 e. The van der Waals surface area contributed by atoms with Gasteiger partial charge in [-0.15, -0.1) is 0 Å². The zero-order chi connectivity index (χ0) is 27.0. The van der Waals surface area contributed by atoms with E-state index in [-0.39, 0.29) is 43.7 Å². The van der Waals surface area contributed by atoms with Crippen LogP contribution in [0.1, 0.15) is 44.7 Å². The molecule has 2 amide bonds. The Labute approximate surface area is 218 Å². The molecule has 0 aliphatic rings. The van der Waals surface area contributed by atoms with Crippen LogP contribution in [0.15, 0.2) is 42.5 Å². The first-order valence-corrected chi connectivity index (χ1v) is 14.1. The van der Waals surface area contributed by atoms with Gasteiger partial charge in [0.25, 0.3) is 0 Å². The van der Waals surface area contributed by atoms with Gasteiger partial charge in [-0.2, -0.15) is 0 Å². The molecule has 1 N–H and O–H groups in total. The number of nitrogens with one attached hydrogen (secondary N) is 1. The first-order chi connectivity index (χ1) is 16.8. The Morgan fingerprint density at radius 2 is 1.75 bits per heavy atom. The van der Waals surface area contributed by atoms with Crippen LogP contribution in [0.4, 0.5) is 10.1 Å². The Morgan fingerprint density at radius 3 is 2.36 bits per heavy atom. The molecule has 0 unspecified atom stereocenters. The highest BCUT2D eigenvalue weighted by Gasteiger charge is 2.27. The van der Waals surface area contributed by atoms with Crippen molar-refractivity contribution in [2.45, 2.75) is 53.1 Å². The molecule has 2 rings (SSSR count). The largest absolute Gasteiger partial charge is 0.354 e. The third-order valence-corrected chi connectivity index (χ3v) is 7.40. The Morgan fingerprint density at radius 1 is 1.08 bits per heavy atom. The molecule has 0 heterocycles. The molecule has 7 nitrogen and oxygen atoms in total. The number of anilines is 1. The molecule has 0 saturated carbocycles. The van der Waals surface area contributed by atoms with Gasteiger partial charge in [-0.25, -0.2) is 12.8 Å². The maximum atomic E-state index is 14.4. The molecule has 2 aromatic carbocycles. The van der Waals surface area contributed by atoms with Gasteiger partial charge in [0.05, 0.1) is 11.9 Å². The van der Waals surface area contributed by atoms with Crippen molar-refractivity contribution >= 4 is 39.1 Å². The summed E-state index contributed by atoms with van der Waals surface area (Å²) in [5, 5.41) is 3.26. The Balaban J connectivity index is 2.21. The summed E-state index contributed by atoms with van der Waals surface area (Å²) in [4.78, 5) is 27.3. The molecular formula is C26H35ClFN3O4S. The highest BCUT2D eigenvalue weighted by molar-refractivity contribution is 7.92. The van der Waals surface area contributed by atoms with Crippen LogP contribution in [0, 0.1) is 18.7 Å². The summed E-state index contributed by atoms with van der Waals surface area (Å²) in [7, 11) is -3.64. The van der Waals surface area contributed by atoms with Gasteiger partial charge in [-0.1, -0.05) is 49.7 Å². The quantitative estimate of drug-likeness (QED) is 0.429. The molecule has 0 saturated heterocycles. The lowest BCUT2D eigenvalue weighted by atomic mass is 10.1. The molecule has 1 atom stereocenters. The summed E-state index contributed by atoms with van der Waals surface area (Å²) in [5.74, 6) is -0.944. The van der Waals surface area contributed by atoms with Gasteiger partial charge in [-0.3, -0.25) is 13.9 Å². The van der Waals surface area contributed by atoms with E-state index >= 15 is 0 Å². The molecule has 0 radical (unpaired) electrons. The number of benzene rings is 2. The molecule has 36 heavy (non-hydrogen) atoms. The van der Waals surface area contributed by atoms with E-state index in [0.29, 0.717) is 28.4 Å². The van der Waals surface area contributed by atoms with E-state index in [9.17, 15) is 22.4 Å². The molecule has 0 bridgehead atoms. The van der Waals surface area contributed by atoms with Crippen molar-refractivity contribution in [3.63, 3.8) is 0 Å². The van der Waals surface area contributed by atoms with Crippen molar-refractivity contribution in [2.24, 2.45) is 5.92 Å². The fraction of sp³-hybridized carbons (Fsp3) is 0.462. The number of carbonyl (C=O) groups is 2. The van der Waals surface area contributed by atoms with Crippen LogP contribution < -0.4 is 9.62 Å². The number of halogens is 2. The lowest BCUT2D eigenvalue weighted by Gasteiger charge is -2.30. The van der Waals surface area contributed by atoms with Crippen molar-refractivity contribution in [2.75, 3.05) is 23.7 Å². The van der Waals surface area contributed by atoms with Crippen LogP contribution in [0.5, 0.6) is 0 Å². The van der Waals surface area contributed by atoms with Crippen LogP contribution in [0.25, 0.3) is 0 Å². The number of nitrogens with zero attached hydrogens (tertiary/aromatic N) is 2. The predicted molar refractivity (Wildman–Crippen MR) is 142 cm³/mol. The minimum absolute atomic E-state index is 0.0259. The monoisotopic (exact) mass is 539 g/mol. The van der Waals surface area contributed by atoms with Crippen molar-refractivity contribution in [1.29, 1.82) is 0 Å². The summed E-state index contributed by atoms with van der Waals surface area (Å²) >= 11 is 6.18. The minimum atomic E-state index is -3.64. The molecule has 2 aromatic rings. The first kappa shape index (κ1) is 29.6. The molecule has 0 spiro atoms. The van der Waals surface area contributed by atoms with E-state index in [4.69, 9.17) is 11.6 Å². The van der Waals surface area contributed by atoms with Gasteiger partial charge in [-0.05, 0) is 49.9 Å². The summed E-state index contributed by atoms with van der Waals surface area (Å²) in [5.41, 5.74) is 1.36. The highest BCUT2D eigenvalue weighted by atomic mass is 35.5. The maximum absolute atomic E-state index is 14.4. The van der Waals surface area contributed by atoms with E-state index < -0.39 is 21.9 Å². The summed E-state index contributed by atoms with van der Waals surface area (Å²) in [6, 6.07) is 10.3. The second-order valence-electron chi connectivity index (χ2n) is 9.25. The third-order valence-electron chi connectivity index (χ3n) is 5.81. The van der Waals surface area contributed by atoms with Gasteiger partial charge < -0.3 is 10.2 Å². The van der Waals surface area contributed by atoms with Gasteiger partial charge >= 0.3 is 0 Å². The lowest BCUT2D eigenvalue weighted by molar-refractivity contribution is -0.140. The number of amides is 2. The van der Waals surface area contributed by atoms with Crippen LogP contribution in [0.3, 0.4) is 0 Å². The number of hydrogen-bond donors (Lipinski definition) is 1. The first-order valence-electron chi connectivity index (χ1n) is 11.9. The second kappa shape index (κ2) is 13.1. The fourth-order valence-electron chi connectivity index (χ4n) is 3.69. The minimum Gasteiger partial charge on any atom is -0.354 e. The Bertz CT molecular complexity index is 1170. The van der Waals surface area contributed by atoms with Crippen LogP contribution in [0.2, 0.25) is 5.02 Å². The zero-order valence-electron chi connectivity index (χ0n) is 21.4. The fourth-order valence-corrected chi connectivity index (χ4v) is 4.88. The SMILES string of the molecule is Cc1c(Cl)cccc1N(CCCC(=O)N(Cc1ccccc1F)[C@H](C)C(=O)NCC(C)C)S(C)(=O)=O. The average molecular weight is 540 g/mol. The molecule has 0 fully saturated rings. The van der Waals surface area contributed by atoms with Crippen molar-refractivity contribution in [3.8, 4) is 0 Å². The molecule has 0 aliphatic carbocycles. The number of hydrogen-bond acceptors (Lipinski definition) is 4. The molecule has 0 aliphatic heterocycles. The van der Waals surface area contributed by atoms with Gasteiger partial charge in [0.15, 0.2) is 0 Å². The van der Waals surface area contributed by atoms with Gasteiger partial charge in [0.1, 0.15) is 11.9 Å². The smallest absolute Gasteiger partial charge is 0.242 e. The lowest BCUT2D eigenvalue weighted by Crippen LogP contribution is -2.48. The summed E-state index contributed by atoms with van der Waals surface area (Å²) in [6.07, 6.45) is 1.27. The van der Waals surface area contributed by atoms with E-state index in [1.165, 1.54) is 15.3 Å². The predicted octanol–water partition coefficient (Wildman–Crippen LogP) is 4.52. The van der Waals surface area contributed by atoms with Gasteiger partial charge in [0.2, 0.25) is 21.8 Å². The summed E-state index contributed by atoms with van der Waals surface area (Å²) < 4.78 is 40.6. The van der Waals surface area contributed by atoms with E-state index in [2.05, 4.69) is 5.32 Å². The van der Waals surface area contributed by atoms with E-state index in [1.54, 1.807) is 50.2 Å². The number of rotatable bonds is 12. The normalized spacial score (nSPS) is 12.3. The average Bonchev–Trinajstić information content (AvgIpc) is 2.80. The van der Waals surface area contributed by atoms with Gasteiger partial charge in [0, 0.05) is 36.6 Å². The number of carbonyl (C=O) groups excluding carboxylic acids is 2.